The van der Waals surface area contributed by atoms with Crippen LogP contribution in [0.1, 0.15) is 32.6 Å². The fourth-order valence-electron chi connectivity index (χ4n) is 2.82. The maximum absolute atomic E-state index is 13.0. The van der Waals surface area contributed by atoms with E-state index in [1.165, 1.54) is 0 Å². The molecule has 2 fully saturated rings. The lowest BCUT2D eigenvalue weighted by atomic mass is 10.0. The minimum atomic E-state index is -2.74. The van der Waals surface area contributed by atoms with Gasteiger partial charge in [0.15, 0.2) is 0 Å². The van der Waals surface area contributed by atoms with Crippen LogP contribution >= 0.6 is 24.8 Å². The average Bonchev–Trinajstić information content (AvgIpc) is 2.73. The summed E-state index contributed by atoms with van der Waals surface area (Å²) >= 11 is 0. The number of alkyl halides is 2. The summed E-state index contributed by atoms with van der Waals surface area (Å²) in [5, 5.41) is 5.49. The number of carbonyl (C=O) groups excluding carboxylic acids is 1. The van der Waals surface area contributed by atoms with Crippen LogP contribution in [0, 0.1) is 0 Å². The molecule has 0 bridgehead atoms. The van der Waals surface area contributed by atoms with Gasteiger partial charge in [-0.3, -0.25) is 10.1 Å². The third-order valence-electron chi connectivity index (χ3n) is 3.90. The van der Waals surface area contributed by atoms with E-state index in [1.807, 2.05) is 0 Å². The number of nitrogens with zero attached hydrogens (tertiary/aromatic N) is 1. The highest BCUT2D eigenvalue weighted by molar-refractivity contribution is 5.85. The molecule has 2 N–H and O–H groups in total. The number of nitrogens with one attached hydrogen (secondary N) is 2. The quantitative estimate of drug-likeness (QED) is 0.815. The molecule has 0 aromatic heterocycles. The number of hydrogen-bond acceptors (Lipinski definition) is 3. The SMILES string of the molecule is CCCN1CCC(NC(=O)C2CC(F)(F)CN2)CC1.Cl.Cl. The molecule has 2 aliphatic heterocycles. The summed E-state index contributed by atoms with van der Waals surface area (Å²) in [6.07, 6.45) is 2.58. The van der Waals surface area contributed by atoms with Crippen LogP contribution in [0.4, 0.5) is 8.78 Å². The van der Waals surface area contributed by atoms with E-state index in [-0.39, 0.29) is 49.7 Å². The lowest BCUT2D eigenvalue weighted by molar-refractivity contribution is -0.124. The van der Waals surface area contributed by atoms with Crippen molar-refractivity contribution in [3.63, 3.8) is 0 Å². The van der Waals surface area contributed by atoms with Gasteiger partial charge in [0.25, 0.3) is 5.92 Å². The molecule has 2 aliphatic rings. The van der Waals surface area contributed by atoms with E-state index < -0.39 is 12.0 Å². The van der Waals surface area contributed by atoms with Crippen molar-refractivity contribution in [3.05, 3.63) is 0 Å². The first-order valence-corrected chi connectivity index (χ1v) is 7.14. The van der Waals surface area contributed by atoms with Crippen LogP contribution in [0.3, 0.4) is 0 Å². The molecule has 0 saturated carbocycles. The molecule has 0 aliphatic carbocycles. The Morgan fingerprint density at radius 2 is 1.95 bits per heavy atom. The molecular formula is C13H25Cl2F2N3O. The van der Waals surface area contributed by atoms with Crippen LogP contribution in [-0.2, 0) is 4.79 Å². The Hall–Kier alpha value is -0.170. The number of halogens is 4. The van der Waals surface area contributed by atoms with Crippen molar-refractivity contribution in [3.8, 4) is 0 Å². The Morgan fingerprint density at radius 3 is 2.43 bits per heavy atom. The van der Waals surface area contributed by atoms with E-state index >= 15 is 0 Å². The third kappa shape index (κ3) is 6.22. The van der Waals surface area contributed by atoms with Crippen molar-refractivity contribution in [2.45, 2.75) is 50.6 Å². The van der Waals surface area contributed by atoms with Crippen molar-refractivity contribution in [2.24, 2.45) is 0 Å². The summed E-state index contributed by atoms with van der Waals surface area (Å²) < 4.78 is 26.0. The molecular weight excluding hydrogens is 323 g/mol. The second kappa shape index (κ2) is 9.08. The maximum atomic E-state index is 13.0. The van der Waals surface area contributed by atoms with Crippen LogP contribution < -0.4 is 10.6 Å². The largest absolute Gasteiger partial charge is 0.352 e. The summed E-state index contributed by atoms with van der Waals surface area (Å²) in [6.45, 7) is 4.82. The van der Waals surface area contributed by atoms with Gasteiger partial charge in [0, 0.05) is 25.6 Å². The molecule has 21 heavy (non-hydrogen) atoms. The second-order valence-corrected chi connectivity index (χ2v) is 5.62. The second-order valence-electron chi connectivity index (χ2n) is 5.62. The monoisotopic (exact) mass is 347 g/mol. The first-order chi connectivity index (χ1) is 9.00. The van der Waals surface area contributed by atoms with Crippen LogP contribution in [0.25, 0.3) is 0 Å². The van der Waals surface area contributed by atoms with Crippen LogP contribution in [-0.4, -0.2) is 55.0 Å². The van der Waals surface area contributed by atoms with Gasteiger partial charge in [-0.1, -0.05) is 6.92 Å². The molecule has 2 saturated heterocycles. The van der Waals surface area contributed by atoms with Gasteiger partial charge in [-0.25, -0.2) is 8.78 Å². The van der Waals surface area contributed by atoms with Gasteiger partial charge in [-0.2, -0.15) is 0 Å². The zero-order chi connectivity index (χ0) is 13.9. The lowest BCUT2D eigenvalue weighted by Crippen LogP contribution is -2.49. The van der Waals surface area contributed by atoms with Gasteiger partial charge < -0.3 is 10.2 Å². The summed E-state index contributed by atoms with van der Waals surface area (Å²) in [6, 6.07) is -0.597. The first-order valence-electron chi connectivity index (χ1n) is 7.14. The molecule has 0 aromatic rings. The minimum absolute atomic E-state index is 0. The zero-order valence-electron chi connectivity index (χ0n) is 12.2. The normalized spacial score (nSPS) is 25.8. The molecule has 1 atom stereocenters. The molecule has 0 radical (unpaired) electrons. The fraction of sp³-hybridized carbons (Fsp3) is 0.923. The highest BCUT2D eigenvalue weighted by Gasteiger charge is 2.42. The molecule has 1 amide bonds. The maximum Gasteiger partial charge on any atom is 0.262 e. The molecule has 126 valence electrons. The molecule has 2 rings (SSSR count). The number of rotatable bonds is 4. The first kappa shape index (κ1) is 20.8. The highest BCUT2D eigenvalue weighted by atomic mass is 35.5. The molecule has 2 heterocycles. The van der Waals surface area contributed by atoms with E-state index in [4.69, 9.17) is 0 Å². The lowest BCUT2D eigenvalue weighted by Gasteiger charge is -2.32. The Labute approximate surface area is 137 Å². The van der Waals surface area contributed by atoms with E-state index in [9.17, 15) is 13.6 Å². The van der Waals surface area contributed by atoms with Crippen LogP contribution in [0.2, 0.25) is 0 Å². The highest BCUT2D eigenvalue weighted by Crippen LogP contribution is 2.25. The smallest absolute Gasteiger partial charge is 0.262 e. The van der Waals surface area contributed by atoms with Gasteiger partial charge in [0.2, 0.25) is 5.91 Å². The molecule has 0 spiro atoms. The van der Waals surface area contributed by atoms with E-state index in [0.29, 0.717) is 0 Å². The van der Waals surface area contributed by atoms with Crippen LogP contribution in [0.5, 0.6) is 0 Å². The Kier molecular flexibility index (Phi) is 9.00. The predicted octanol–water partition coefficient (Wildman–Crippen LogP) is 1.82. The molecule has 0 aromatic carbocycles. The Balaban J connectivity index is 0.00000200. The van der Waals surface area contributed by atoms with E-state index in [2.05, 4.69) is 22.5 Å². The zero-order valence-corrected chi connectivity index (χ0v) is 13.9. The Morgan fingerprint density at radius 1 is 1.33 bits per heavy atom. The number of likely N-dealkylation sites (tertiary alicyclic amines) is 1. The number of hydrogen-bond donors (Lipinski definition) is 2. The van der Waals surface area contributed by atoms with E-state index in [1.54, 1.807) is 0 Å². The van der Waals surface area contributed by atoms with Crippen molar-refractivity contribution in [2.75, 3.05) is 26.2 Å². The molecule has 8 heteroatoms. The third-order valence-corrected chi connectivity index (χ3v) is 3.90. The summed E-state index contributed by atoms with van der Waals surface area (Å²) in [5.41, 5.74) is 0. The number of carbonyl (C=O) groups is 1. The number of piperidine rings is 1. The Bertz CT molecular complexity index is 327. The standard InChI is InChI=1S/C13H23F2N3O.2ClH/c1-2-5-18-6-3-10(4-7-18)17-12(19)11-8-13(14,15)9-16-11;;/h10-11,16H,2-9H2,1H3,(H,17,19);2*1H. The average molecular weight is 348 g/mol. The van der Waals surface area contributed by atoms with Gasteiger partial charge in [-0.05, 0) is 25.8 Å². The van der Waals surface area contributed by atoms with Gasteiger partial charge >= 0.3 is 0 Å². The van der Waals surface area contributed by atoms with Crippen molar-refractivity contribution >= 4 is 30.7 Å². The summed E-state index contributed by atoms with van der Waals surface area (Å²) in [5.74, 6) is -3.02. The molecule has 4 nitrogen and oxygen atoms in total. The fourth-order valence-corrected chi connectivity index (χ4v) is 2.82. The van der Waals surface area contributed by atoms with Gasteiger partial charge in [-0.15, -0.1) is 24.8 Å². The predicted molar refractivity (Wildman–Crippen MR) is 83.7 cm³/mol. The van der Waals surface area contributed by atoms with Crippen molar-refractivity contribution in [1.29, 1.82) is 0 Å². The van der Waals surface area contributed by atoms with Crippen molar-refractivity contribution < 1.29 is 13.6 Å². The van der Waals surface area contributed by atoms with E-state index in [0.717, 1.165) is 38.9 Å². The van der Waals surface area contributed by atoms with Gasteiger partial charge in [0.05, 0.1) is 12.6 Å². The number of amides is 1. The molecule has 1 unspecified atom stereocenters. The minimum Gasteiger partial charge on any atom is -0.352 e. The van der Waals surface area contributed by atoms with Crippen LogP contribution in [0.15, 0.2) is 0 Å². The topological polar surface area (TPSA) is 44.4 Å². The summed E-state index contributed by atoms with van der Waals surface area (Å²) in [7, 11) is 0. The summed E-state index contributed by atoms with van der Waals surface area (Å²) in [4.78, 5) is 14.3. The van der Waals surface area contributed by atoms with Crippen molar-refractivity contribution in [1.82, 2.24) is 15.5 Å². The van der Waals surface area contributed by atoms with Gasteiger partial charge in [0.1, 0.15) is 0 Å².